The van der Waals surface area contributed by atoms with Crippen LogP contribution < -0.4 is 5.32 Å². The Morgan fingerprint density at radius 3 is 1.94 bits per heavy atom. The van der Waals surface area contributed by atoms with Crippen molar-refractivity contribution in [1.82, 2.24) is 9.21 Å². The Bertz CT molecular complexity index is 1030. The Morgan fingerprint density at radius 1 is 0.879 bits per heavy atom. The van der Waals surface area contributed by atoms with E-state index < -0.39 is 10.0 Å². The zero-order chi connectivity index (χ0) is 24.2. The highest BCUT2D eigenvalue weighted by molar-refractivity contribution is 7.89. The average Bonchev–Trinajstić information content (AvgIpc) is 2.83. The third-order valence-corrected chi connectivity index (χ3v) is 8.66. The Kier molecular flexibility index (Phi) is 8.32. The Labute approximate surface area is 199 Å². The van der Waals surface area contributed by atoms with Gasteiger partial charge >= 0.3 is 0 Å². The van der Waals surface area contributed by atoms with Crippen molar-refractivity contribution in [3.05, 3.63) is 59.7 Å². The quantitative estimate of drug-likeness (QED) is 0.608. The Balaban J connectivity index is 1.57. The van der Waals surface area contributed by atoms with Crippen LogP contribution in [-0.2, 0) is 14.8 Å². The van der Waals surface area contributed by atoms with Gasteiger partial charge in [-0.25, -0.2) is 8.42 Å². The van der Waals surface area contributed by atoms with E-state index >= 15 is 0 Å². The van der Waals surface area contributed by atoms with Crippen LogP contribution in [0.15, 0.2) is 53.4 Å². The number of nitrogens with zero attached hydrogens (tertiary/aromatic N) is 2. The summed E-state index contributed by atoms with van der Waals surface area (Å²) in [5, 5.41) is 2.98. The molecule has 2 aromatic rings. The van der Waals surface area contributed by atoms with Gasteiger partial charge in [0.15, 0.2) is 0 Å². The van der Waals surface area contributed by atoms with E-state index in [-0.39, 0.29) is 11.9 Å². The predicted molar refractivity (Wildman–Crippen MR) is 134 cm³/mol. The molecule has 0 bridgehead atoms. The van der Waals surface area contributed by atoms with Crippen LogP contribution >= 0.6 is 0 Å². The zero-order valence-electron chi connectivity index (χ0n) is 20.4. The van der Waals surface area contributed by atoms with E-state index in [0.29, 0.717) is 42.9 Å². The standard InChI is InChI=1S/C26H37N3O3S/c1-6-20(4)23-9-13-25(14-10-23)33(31,32)29-17-15-28(16-18-29)21(5)26(30)27-24-11-7-22(8-12-24)19(2)3/h7-14,19-21H,6,15-18H2,1-5H3,(H,27,30)/t20-,21-/m1/s1. The van der Waals surface area contributed by atoms with Gasteiger partial charge in [0.25, 0.3) is 0 Å². The highest BCUT2D eigenvalue weighted by Crippen LogP contribution is 2.24. The normalized spacial score (nSPS) is 17.6. The van der Waals surface area contributed by atoms with Gasteiger partial charge in [-0.1, -0.05) is 52.0 Å². The van der Waals surface area contributed by atoms with Gasteiger partial charge in [0.2, 0.25) is 15.9 Å². The van der Waals surface area contributed by atoms with E-state index in [1.54, 1.807) is 12.1 Å². The molecule has 2 atom stereocenters. The van der Waals surface area contributed by atoms with E-state index in [9.17, 15) is 13.2 Å². The molecule has 6 nitrogen and oxygen atoms in total. The highest BCUT2D eigenvalue weighted by Gasteiger charge is 2.31. The fourth-order valence-corrected chi connectivity index (χ4v) is 5.47. The summed E-state index contributed by atoms with van der Waals surface area (Å²) in [6.45, 7) is 12.2. The molecule has 1 N–H and O–H groups in total. The lowest BCUT2D eigenvalue weighted by Crippen LogP contribution is -2.53. The number of hydrogen-bond acceptors (Lipinski definition) is 4. The average molecular weight is 472 g/mol. The number of anilines is 1. The number of amides is 1. The van der Waals surface area contributed by atoms with E-state index in [1.807, 2.05) is 48.2 Å². The van der Waals surface area contributed by atoms with Gasteiger partial charge in [0.1, 0.15) is 0 Å². The molecule has 3 rings (SSSR count). The summed E-state index contributed by atoms with van der Waals surface area (Å²) in [7, 11) is -3.53. The van der Waals surface area contributed by atoms with Gasteiger partial charge in [-0.2, -0.15) is 4.31 Å². The van der Waals surface area contributed by atoms with Gasteiger partial charge < -0.3 is 5.32 Å². The summed E-state index contributed by atoms with van der Waals surface area (Å²) in [4.78, 5) is 15.1. The molecule has 1 heterocycles. The molecule has 0 aliphatic carbocycles. The first-order valence-corrected chi connectivity index (χ1v) is 13.3. The SMILES string of the molecule is CC[C@@H](C)c1ccc(S(=O)(=O)N2CCN([C@H](C)C(=O)Nc3ccc(C(C)C)cc3)CC2)cc1. The fraction of sp³-hybridized carbons (Fsp3) is 0.500. The maximum absolute atomic E-state index is 13.1. The molecule has 1 amide bonds. The molecular formula is C26H37N3O3S. The lowest BCUT2D eigenvalue weighted by Gasteiger charge is -2.36. The van der Waals surface area contributed by atoms with Crippen LogP contribution in [0.1, 0.15) is 64.0 Å². The molecule has 0 unspecified atom stereocenters. The van der Waals surface area contributed by atoms with Crippen molar-refractivity contribution < 1.29 is 13.2 Å². The minimum absolute atomic E-state index is 0.0794. The second kappa shape index (κ2) is 10.8. The largest absolute Gasteiger partial charge is 0.325 e. The maximum atomic E-state index is 13.1. The van der Waals surface area contributed by atoms with Gasteiger partial charge in [-0.05, 0) is 60.6 Å². The molecule has 1 aliphatic rings. The lowest BCUT2D eigenvalue weighted by atomic mass is 9.99. The number of nitrogens with one attached hydrogen (secondary N) is 1. The summed E-state index contributed by atoms with van der Waals surface area (Å²) in [5.74, 6) is 0.773. The number of carbonyl (C=O) groups is 1. The minimum atomic E-state index is -3.53. The first-order valence-electron chi connectivity index (χ1n) is 11.9. The van der Waals surface area contributed by atoms with E-state index in [1.165, 1.54) is 9.87 Å². The fourth-order valence-electron chi connectivity index (χ4n) is 4.05. The van der Waals surface area contributed by atoms with Crippen molar-refractivity contribution in [2.75, 3.05) is 31.5 Å². The van der Waals surface area contributed by atoms with Crippen LogP contribution in [0.3, 0.4) is 0 Å². The molecule has 1 aliphatic heterocycles. The predicted octanol–water partition coefficient (Wildman–Crippen LogP) is 4.66. The minimum Gasteiger partial charge on any atom is -0.325 e. The van der Waals surface area contributed by atoms with Crippen molar-refractivity contribution in [3.63, 3.8) is 0 Å². The summed E-state index contributed by atoms with van der Waals surface area (Å²) >= 11 is 0. The maximum Gasteiger partial charge on any atom is 0.243 e. The molecule has 2 aromatic carbocycles. The van der Waals surface area contributed by atoms with E-state index in [0.717, 1.165) is 17.7 Å². The van der Waals surface area contributed by atoms with Crippen molar-refractivity contribution >= 4 is 21.6 Å². The first kappa shape index (κ1) is 25.4. The molecule has 180 valence electrons. The Morgan fingerprint density at radius 2 is 1.42 bits per heavy atom. The van der Waals surface area contributed by atoms with Crippen LogP contribution in [-0.4, -0.2) is 55.8 Å². The molecule has 1 fully saturated rings. The summed E-state index contributed by atoms with van der Waals surface area (Å²) in [6, 6.07) is 14.8. The number of benzene rings is 2. The van der Waals surface area contributed by atoms with Crippen LogP contribution in [0, 0.1) is 0 Å². The van der Waals surface area contributed by atoms with E-state index in [4.69, 9.17) is 0 Å². The van der Waals surface area contributed by atoms with Gasteiger partial charge in [0.05, 0.1) is 10.9 Å². The van der Waals surface area contributed by atoms with Crippen molar-refractivity contribution in [3.8, 4) is 0 Å². The number of hydrogen-bond donors (Lipinski definition) is 1. The number of piperazine rings is 1. The summed E-state index contributed by atoms with van der Waals surface area (Å²) in [6.07, 6.45) is 1.02. The van der Waals surface area contributed by atoms with Crippen LogP contribution in [0.4, 0.5) is 5.69 Å². The highest BCUT2D eigenvalue weighted by atomic mass is 32.2. The zero-order valence-corrected chi connectivity index (χ0v) is 21.2. The molecular weight excluding hydrogens is 434 g/mol. The molecule has 7 heteroatoms. The molecule has 0 saturated carbocycles. The lowest BCUT2D eigenvalue weighted by molar-refractivity contribution is -0.121. The second-order valence-corrected chi connectivity index (χ2v) is 11.2. The van der Waals surface area contributed by atoms with Crippen LogP contribution in [0.25, 0.3) is 0 Å². The molecule has 0 aromatic heterocycles. The molecule has 0 radical (unpaired) electrons. The summed E-state index contributed by atoms with van der Waals surface area (Å²) in [5.41, 5.74) is 3.16. The smallest absolute Gasteiger partial charge is 0.243 e. The van der Waals surface area contributed by atoms with Gasteiger partial charge in [-0.3, -0.25) is 9.69 Å². The molecule has 0 spiro atoms. The topological polar surface area (TPSA) is 69.7 Å². The Hall–Kier alpha value is -2.22. The van der Waals surface area contributed by atoms with Crippen molar-refractivity contribution in [2.24, 2.45) is 0 Å². The first-order chi connectivity index (χ1) is 15.6. The van der Waals surface area contributed by atoms with Crippen molar-refractivity contribution in [2.45, 2.75) is 63.8 Å². The summed E-state index contributed by atoms with van der Waals surface area (Å²) < 4.78 is 27.7. The van der Waals surface area contributed by atoms with Gasteiger partial charge in [0, 0.05) is 31.9 Å². The van der Waals surface area contributed by atoms with Gasteiger partial charge in [-0.15, -0.1) is 0 Å². The van der Waals surface area contributed by atoms with Crippen LogP contribution in [0.5, 0.6) is 0 Å². The van der Waals surface area contributed by atoms with Crippen molar-refractivity contribution in [1.29, 1.82) is 0 Å². The molecule has 1 saturated heterocycles. The number of sulfonamides is 1. The van der Waals surface area contributed by atoms with E-state index in [2.05, 4.69) is 33.0 Å². The second-order valence-electron chi connectivity index (χ2n) is 9.26. The monoisotopic (exact) mass is 471 g/mol. The van der Waals surface area contributed by atoms with Crippen LogP contribution in [0.2, 0.25) is 0 Å². The third-order valence-electron chi connectivity index (χ3n) is 6.74. The third kappa shape index (κ3) is 6.02. The number of rotatable bonds is 8. The molecule has 33 heavy (non-hydrogen) atoms. The number of carbonyl (C=O) groups excluding carboxylic acids is 1.